The maximum atomic E-state index is 12.6. The molecule has 0 atom stereocenters. The quantitative estimate of drug-likeness (QED) is 0.745. The highest BCUT2D eigenvalue weighted by molar-refractivity contribution is 7.99. The molecule has 1 aliphatic heterocycles. The van der Waals surface area contributed by atoms with Crippen LogP contribution in [0.1, 0.15) is 32.3 Å². The topological polar surface area (TPSA) is 49.4 Å². The molecule has 0 unspecified atom stereocenters. The molecule has 0 aliphatic carbocycles. The van der Waals surface area contributed by atoms with Crippen LogP contribution in [0.15, 0.2) is 53.4 Å². The molecule has 0 saturated heterocycles. The van der Waals surface area contributed by atoms with E-state index >= 15 is 0 Å². The first-order chi connectivity index (χ1) is 13.4. The molecule has 1 aliphatic rings. The Labute approximate surface area is 175 Å². The Hall–Kier alpha value is -1.98. The molecule has 1 heterocycles. The molecule has 1 N–H and O–H groups in total. The minimum Gasteiger partial charge on any atom is -0.355 e. The average Bonchev–Trinajstić information content (AvgIpc) is 2.70. The van der Waals surface area contributed by atoms with Gasteiger partial charge < -0.3 is 10.2 Å². The zero-order valence-electron chi connectivity index (χ0n) is 16.2. The molecule has 0 saturated carbocycles. The summed E-state index contributed by atoms with van der Waals surface area (Å²) in [6.45, 7) is 5.34. The number of benzene rings is 2. The zero-order chi connectivity index (χ0) is 20.1. The predicted octanol–water partition coefficient (Wildman–Crippen LogP) is 4.65. The van der Waals surface area contributed by atoms with Crippen LogP contribution in [-0.4, -0.2) is 30.7 Å². The summed E-state index contributed by atoms with van der Waals surface area (Å²) in [5, 5.41) is 3.66. The largest absolute Gasteiger partial charge is 0.355 e. The van der Waals surface area contributed by atoms with Crippen molar-refractivity contribution in [2.24, 2.45) is 0 Å². The Balaban J connectivity index is 1.51. The number of fused-ring (bicyclic) bond motifs is 1. The molecule has 4 nitrogen and oxygen atoms in total. The van der Waals surface area contributed by atoms with Gasteiger partial charge in [0, 0.05) is 47.0 Å². The van der Waals surface area contributed by atoms with Crippen LogP contribution < -0.4 is 10.2 Å². The number of carbonyl (C=O) groups is 2. The van der Waals surface area contributed by atoms with E-state index in [2.05, 4.69) is 19.2 Å². The predicted molar refractivity (Wildman–Crippen MR) is 116 cm³/mol. The third-order valence-corrected chi connectivity index (χ3v) is 6.24. The van der Waals surface area contributed by atoms with E-state index in [9.17, 15) is 9.59 Å². The van der Waals surface area contributed by atoms with E-state index < -0.39 is 0 Å². The molecule has 0 radical (unpaired) electrons. The number of halogens is 1. The molecule has 2 aromatic carbocycles. The highest BCUT2D eigenvalue weighted by atomic mass is 35.5. The molecule has 0 fully saturated rings. The van der Waals surface area contributed by atoms with E-state index in [1.807, 2.05) is 48.5 Å². The van der Waals surface area contributed by atoms with Gasteiger partial charge in [0.25, 0.3) is 0 Å². The van der Waals surface area contributed by atoms with Crippen LogP contribution in [0.5, 0.6) is 0 Å². The second-order valence-electron chi connectivity index (χ2n) is 7.53. The van der Waals surface area contributed by atoms with E-state index in [1.165, 1.54) is 0 Å². The minimum absolute atomic E-state index is 0.000128. The summed E-state index contributed by atoms with van der Waals surface area (Å²) < 4.78 is 0. The third-order valence-electron chi connectivity index (χ3n) is 4.95. The number of nitrogens with zero attached hydrogens (tertiary/aromatic N) is 1. The van der Waals surface area contributed by atoms with Crippen LogP contribution in [0.3, 0.4) is 0 Å². The number of nitrogens with one attached hydrogen (secondary N) is 1. The van der Waals surface area contributed by atoms with Gasteiger partial charge in [0.2, 0.25) is 11.8 Å². The van der Waals surface area contributed by atoms with Crippen molar-refractivity contribution in [1.82, 2.24) is 5.32 Å². The van der Waals surface area contributed by atoms with Gasteiger partial charge in [-0.15, -0.1) is 11.8 Å². The highest BCUT2D eigenvalue weighted by Gasteiger charge is 2.24. The fourth-order valence-corrected chi connectivity index (χ4v) is 4.32. The van der Waals surface area contributed by atoms with Crippen molar-refractivity contribution in [1.29, 1.82) is 0 Å². The second kappa shape index (κ2) is 9.01. The van der Waals surface area contributed by atoms with E-state index in [0.29, 0.717) is 18.1 Å². The van der Waals surface area contributed by atoms with Crippen LogP contribution in [0.4, 0.5) is 5.69 Å². The maximum Gasteiger partial charge on any atom is 0.227 e. The van der Waals surface area contributed by atoms with Gasteiger partial charge in [-0.1, -0.05) is 49.7 Å². The summed E-state index contributed by atoms with van der Waals surface area (Å²) in [6.07, 6.45) is 0.410. The normalized spacial score (nSPS) is 13.8. The SMILES string of the molecule is CC(C)(CNC(=O)CCC(=O)N1CCSc2ccccc21)c1ccc(Cl)cc1. The molecular weight excluding hydrogens is 392 g/mol. The lowest BCUT2D eigenvalue weighted by Crippen LogP contribution is -2.38. The smallest absolute Gasteiger partial charge is 0.227 e. The van der Waals surface area contributed by atoms with Crippen LogP contribution >= 0.6 is 23.4 Å². The molecule has 148 valence electrons. The monoisotopic (exact) mass is 416 g/mol. The molecule has 3 rings (SSSR count). The summed E-state index contributed by atoms with van der Waals surface area (Å²) >= 11 is 7.71. The molecule has 0 bridgehead atoms. The van der Waals surface area contributed by atoms with E-state index in [4.69, 9.17) is 11.6 Å². The maximum absolute atomic E-state index is 12.6. The number of amides is 2. The highest BCUT2D eigenvalue weighted by Crippen LogP contribution is 2.34. The first-order valence-electron chi connectivity index (χ1n) is 9.42. The summed E-state index contributed by atoms with van der Waals surface area (Å²) in [4.78, 5) is 27.9. The van der Waals surface area contributed by atoms with Crippen molar-refractivity contribution in [2.45, 2.75) is 37.0 Å². The van der Waals surface area contributed by atoms with Crippen molar-refractivity contribution < 1.29 is 9.59 Å². The van der Waals surface area contributed by atoms with E-state index in [1.54, 1.807) is 16.7 Å². The number of carbonyl (C=O) groups excluding carboxylic acids is 2. The molecule has 0 aromatic heterocycles. The molecule has 6 heteroatoms. The third kappa shape index (κ3) is 5.09. The molecule has 2 aromatic rings. The Bertz CT molecular complexity index is 852. The summed E-state index contributed by atoms with van der Waals surface area (Å²) in [5.74, 6) is 0.777. The number of para-hydroxylation sites is 1. The van der Waals surface area contributed by atoms with Crippen molar-refractivity contribution in [3.8, 4) is 0 Å². The van der Waals surface area contributed by atoms with Crippen molar-refractivity contribution in [2.75, 3.05) is 23.7 Å². The summed E-state index contributed by atoms with van der Waals surface area (Å²) in [5.41, 5.74) is 1.84. The Morgan fingerprint density at radius 1 is 1.11 bits per heavy atom. The summed E-state index contributed by atoms with van der Waals surface area (Å²) in [7, 11) is 0. The van der Waals surface area contributed by atoms with Crippen LogP contribution in [0.2, 0.25) is 5.02 Å². The fraction of sp³-hybridized carbons (Fsp3) is 0.364. The Morgan fingerprint density at radius 3 is 2.57 bits per heavy atom. The van der Waals surface area contributed by atoms with Crippen LogP contribution in [-0.2, 0) is 15.0 Å². The van der Waals surface area contributed by atoms with Gasteiger partial charge in [-0.3, -0.25) is 9.59 Å². The van der Waals surface area contributed by atoms with Crippen molar-refractivity contribution >= 4 is 40.9 Å². The van der Waals surface area contributed by atoms with Gasteiger partial charge in [-0.05, 0) is 29.8 Å². The van der Waals surface area contributed by atoms with Gasteiger partial charge in [-0.25, -0.2) is 0 Å². The summed E-state index contributed by atoms with van der Waals surface area (Å²) in [6, 6.07) is 15.6. The second-order valence-corrected chi connectivity index (χ2v) is 9.10. The number of thioether (sulfide) groups is 1. The van der Waals surface area contributed by atoms with Crippen LogP contribution in [0.25, 0.3) is 0 Å². The van der Waals surface area contributed by atoms with Gasteiger partial charge >= 0.3 is 0 Å². The van der Waals surface area contributed by atoms with Gasteiger partial charge in [0.15, 0.2) is 0 Å². The zero-order valence-corrected chi connectivity index (χ0v) is 17.8. The van der Waals surface area contributed by atoms with Gasteiger partial charge in [-0.2, -0.15) is 0 Å². The fourth-order valence-electron chi connectivity index (χ4n) is 3.20. The number of anilines is 1. The molecule has 2 amide bonds. The number of hydrogen-bond acceptors (Lipinski definition) is 3. The Morgan fingerprint density at radius 2 is 1.82 bits per heavy atom. The lowest BCUT2D eigenvalue weighted by molar-refractivity contribution is -0.125. The number of hydrogen-bond donors (Lipinski definition) is 1. The molecule has 0 spiro atoms. The van der Waals surface area contributed by atoms with Gasteiger partial charge in [0.1, 0.15) is 0 Å². The van der Waals surface area contributed by atoms with Crippen molar-refractivity contribution in [3.63, 3.8) is 0 Å². The standard InChI is InChI=1S/C22H25ClN2O2S/c1-22(2,16-7-9-17(23)10-8-16)15-24-20(26)11-12-21(27)25-13-14-28-19-6-4-3-5-18(19)25/h3-10H,11-15H2,1-2H3,(H,24,26). The van der Waals surface area contributed by atoms with Crippen molar-refractivity contribution in [3.05, 3.63) is 59.1 Å². The van der Waals surface area contributed by atoms with Gasteiger partial charge in [0.05, 0.1) is 5.69 Å². The minimum atomic E-state index is -0.215. The first-order valence-corrected chi connectivity index (χ1v) is 10.8. The molecular formula is C22H25ClN2O2S. The lowest BCUT2D eigenvalue weighted by atomic mass is 9.84. The molecule has 28 heavy (non-hydrogen) atoms. The Kier molecular flexibility index (Phi) is 6.68. The van der Waals surface area contributed by atoms with Crippen LogP contribution in [0, 0.1) is 0 Å². The van der Waals surface area contributed by atoms with E-state index in [-0.39, 0.29) is 30.1 Å². The van der Waals surface area contributed by atoms with E-state index in [0.717, 1.165) is 21.9 Å². The lowest BCUT2D eigenvalue weighted by Gasteiger charge is -2.29. The average molecular weight is 417 g/mol. The number of rotatable bonds is 6. The first kappa shape index (κ1) is 20.7.